The molecule has 0 bridgehead atoms. The van der Waals surface area contributed by atoms with Crippen LogP contribution >= 0.6 is 11.8 Å². The second-order valence-electron chi connectivity index (χ2n) is 6.51. The van der Waals surface area contributed by atoms with Crippen LogP contribution in [-0.4, -0.2) is 58.8 Å². The predicted octanol–water partition coefficient (Wildman–Crippen LogP) is 2.03. The molecule has 0 unspecified atom stereocenters. The van der Waals surface area contributed by atoms with Gasteiger partial charge >= 0.3 is 0 Å². The summed E-state index contributed by atoms with van der Waals surface area (Å²) >= 11 is 1.40. The molecule has 7 nitrogen and oxygen atoms in total. The molecule has 1 aromatic carbocycles. The quantitative estimate of drug-likeness (QED) is 0.779. The molecule has 1 aliphatic rings. The highest BCUT2D eigenvalue weighted by Gasteiger charge is 2.23. The lowest BCUT2D eigenvalue weighted by Crippen LogP contribution is -2.38. The maximum atomic E-state index is 12.0. The van der Waals surface area contributed by atoms with E-state index in [9.17, 15) is 4.79 Å². The van der Waals surface area contributed by atoms with Gasteiger partial charge in [0.1, 0.15) is 0 Å². The fourth-order valence-corrected chi connectivity index (χ4v) is 3.59. The molecule has 1 amide bonds. The van der Waals surface area contributed by atoms with Crippen molar-refractivity contribution < 1.29 is 9.53 Å². The number of hydrogen-bond acceptors (Lipinski definition) is 6. The Bertz CT molecular complexity index is 756. The molecule has 3 rings (SSSR count). The molecule has 2 heterocycles. The van der Waals surface area contributed by atoms with Crippen molar-refractivity contribution in [2.75, 3.05) is 37.0 Å². The largest absolute Gasteiger partial charge is 0.378 e. The first-order chi connectivity index (χ1) is 12.6. The van der Waals surface area contributed by atoms with Gasteiger partial charge in [0.2, 0.25) is 11.9 Å². The summed E-state index contributed by atoms with van der Waals surface area (Å²) in [6.07, 6.45) is 0. The summed E-state index contributed by atoms with van der Waals surface area (Å²) in [5.41, 5.74) is 2.17. The van der Waals surface area contributed by atoms with Crippen LogP contribution in [0.3, 0.4) is 0 Å². The van der Waals surface area contributed by atoms with Crippen LogP contribution in [0.2, 0.25) is 0 Å². The van der Waals surface area contributed by atoms with Crippen LogP contribution in [0.5, 0.6) is 0 Å². The van der Waals surface area contributed by atoms with Gasteiger partial charge in [-0.2, -0.15) is 0 Å². The Morgan fingerprint density at radius 3 is 2.69 bits per heavy atom. The molecule has 1 saturated heterocycles. The van der Waals surface area contributed by atoms with E-state index in [0.29, 0.717) is 19.0 Å². The van der Waals surface area contributed by atoms with Crippen molar-refractivity contribution >= 4 is 23.6 Å². The fourth-order valence-electron chi connectivity index (χ4n) is 2.84. The number of carbonyl (C=O) groups is 1. The minimum atomic E-state index is -0.00254. The molecule has 0 radical (unpaired) electrons. The standard InChI is InChI=1S/C18H25N5O2S/c1-13(2)19-16(24)12-26-18-21-20-17(22-8-10-25-11-9-22)23(18)15-7-5-4-6-14(15)3/h4-7,13H,8-12H2,1-3H3,(H,19,24). The average Bonchev–Trinajstić information content (AvgIpc) is 3.04. The number of nitrogens with one attached hydrogen (secondary N) is 1. The first kappa shape index (κ1) is 18.7. The van der Waals surface area contributed by atoms with Gasteiger partial charge in [0.15, 0.2) is 5.16 Å². The van der Waals surface area contributed by atoms with Gasteiger partial charge in [0.25, 0.3) is 0 Å². The van der Waals surface area contributed by atoms with Gasteiger partial charge in [0, 0.05) is 19.1 Å². The molecule has 0 saturated carbocycles. The molecule has 1 aromatic heterocycles. The average molecular weight is 375 g/mol. The van der Waals surface area contributed by atoms with Crippen molar-refractivity contribution in [2.45, 2.75) is 32.0 Å². The first-order valence-corrected chi connectivity index (χ1v) is 9.81. The summed E-state index contributed by atoms with van der Waals surface area (Å²) in [7, 11) is 0. The molecule has 1 fully saturated rings. The minimum absolute atomic E-state index is 0.00254. The van der Waals surface area contributed by atoms with Crippen LogP contribution < -0.4 is 10.2 Å². The highest BCUT2D eigenvalue weighted by molar-refractivity contribution is 7.99. The van der Waals surface area contributed by atoms with Gasteiger partial charge in [-0.15, -0.1) is 10.2 Å². The van der Waals surface area contributed by atoms with Crippen molar-refractivity contribution in [3.8, 4) is 5.69 Å². The number of thioether (sulfide) groups is 1. The molecular formula is C18H25N5O2S. The Balaban J connectivity index is 1.90. The SMILES string of the molecule is Cc1ccccc1-n1c(SCC(=O)NC(C)C)nnc1N1CCOCC1. The van der Waals surface area contributed by atoms with Crippen molar-refractivity contribution in [3.05, 3.63) is 29.8 Å². The second-order valence-corrected chi connectivity index (χ2v) is 7.46. The maximum Gasteiger partial charge on any atom is 0.232 e. The number of aromatic nitrogens is 3. The van der Waals surface area contributed by atoms with Crippen LogP contribution in [0.1, 0.15) is 19.4 Å². The monoisotopic (exact) mass is 375 g/mol. The first-order valence-electron chi connectivity index (χ1n) is 8.82. The number of rotatable bonds is 6. The number of para-hydroxylation sites is 1. The highest BCUT2D eigenvalue weighted by Crippen LogP contribution is 2.28. The maximum absolute atomic E-state index is 12.0. The lowest BCUT2D eigenvalue weighted by Gasteiger charge is -2.28. The van der Waals surface area contributed by atoms with Crippen molar-refractivity contribution in [1.82, 2.24) is 20.1 Å². The van der Waals surface area contributed by atoms with E-state index in [-0.39, 0.29) is 11.9 Å². The number of nitrogens with zero attached hydrogens (tertiary/aromatic N) is 4. The van der Waals surface area contributed by atoms with Crippen LogP contribution in [0.25, 0.3) is 5.69 Å². The smallest absolute Gasteiger partial charge is 0.232 e. The molecule has 1 N–H and O–H groups in total. The van der Waals surface area contributed by atoms with E-state index in [4.69, 9.17) is 4.74 Å². The molecular weight excluding hydrogens is 350 g/mol. The topological polar surface area (TPSA) is 72.3 Å². The zero-order chi connectivity index (χ0) is 18.5. The predicted molar refractivity (Wildman–Crippen MR) is 103 cm³/mol. The summed E-state index contributed by atoms with van der Waals surface area (Å²) in [6, 6.07) is 8.27. The van der Waals surface area contributed by atoms with Gasteiger partial charge in [-0.1, -0.05) is 30.0 Å². The molecule has 1 aliphatic heterocycles. The summed E-state index contributed by atoms with van der Waals surface area (Å²) in [6.45, 7) is 8.90. The fraction of sp³-hybridized carbons (Fsp3) is 0.500. The molecule has 8 heteroatoms. The molecule has 140 valence electrons. The van der Waals surface area contributed by atoms with Crippen molar-refractivity contribution in [1.29, 1.82) is 0 Å². The lowest BCUT2D eigenvalue weighted by atomic mass is 10.2. The molecule has 0 spiro atoms. The third-order valence-corrected chi connectivity index (χ3v) is 4.98. The number of benzene rings is 1. The Hall–Kier alpha value is -2.06. The Labute approximate surface area is 158 Å². The Morgan fingerprint density at radius 1 is 1.27 bits per heavy atom. The van der Waals surface area contributed by atoms with Gasteiger partial charge in [-0.05, 0) is 32.4 Å². The number of hydrogen-bond donors (Lipinski definition) is 1. The summed E-state index contributed by atoms with van der Waals surface area (Å²) < 4.78 is 7.51. The summed E-state index contributed by atoms with van der Waals surface area (Å²) in [5.74, 6) is 1.11. The normalized spacial score (nSPS) is 14.7. The lowest BCUT2D eigenvalue weighted by molar-refractivity contribution is -0.119. The zero-order valence-corrected chi connectivity index (χ0v) is 16.3. The summed E-state index contributed by atoms with van der Waals surface area (Å²) in [5, 5.41) is 12.4. The number of morpholine rings is 1. The van der Waals surface area contributed by atoms with Gasteiger partial charge in [-0.3, -0.25) is 9.36 Å². The highest BCUT2D eigenvalue weighted by atomic mass is 32.2. The number of ether oxygens (including phenoxy) is 1. The van der Waals surface area contributed by atoms with E-state index >= 15 is 0 Å². The van der Waals surface area contributed by atoms with Crippen LogP contribution in [-0.2, 0) is 9.53 Å². The van der Waals surface area contributed by atoms with Gasteiger partial charge < -0.3 is 15.0 Å². The number of anilines is 1. The minimum Gasteiger partial charge on any atom is -0.378 e. The van der Waals surface area contributed by atoms with Gasteiger partial charge in [-0.25, -0.2) is 0 Å². The zero-order valence-electron chi connectivity index (χ0n) is 15.4. The third-order valence-electron chi connectivity index (χ3n) is 4.05. The summed E-state index contributed by atoms with van der Waals surface area (Å²) in [4.78, 5) is 14.2. The van der Waals surface area contributed by atoms with Crippen LogP contribution in [0.4, 0.5) is 5.95 Å². The number of amides is 1. The van der Waals surface area contributed by atoms with E-state index in [1.54, 1.807) is 0 Å². The number of carbonyl (C=O) groups excluding carboxylic acids is 1. The second kappa shape index (κ2) is 8.55. The van der Waals surface area contributed by atoms with E-state index in [1.807, 2.05) is 30.5 Å². The van der Waals surface area contributed by atoms with E-state index in [0.717, 1.165) is 35.4 Å². The molecule has 26 heavy (non-hydrogen) atoms. The van der Waals surface area contributed by atoms with Crippen LogP contribution in [0.15, 0.2) is 29.4 Å². The van der Waals surface area contributed by atoms with Crippen LogP contribution in [0, 0.1) is 6.92 Å². The third kappa shape index (κ3) is 4.37. The Kier molecular flexibility index (Phi) is 6.16. The Morgan fingerprint density at radius 2 is 2.00 bits per heavy atom. The van der Waals surface area contributed by atoms with Gasteiger partial charge in [0.05, 0.1) is 24.7 Å². The van der Waals surface area contributed by atoms with Crippen molar-refractivity contribution in [3.63, 3.8) is 0 Å². The number of aryl methyl sites for hydroxylation is 1. The molecule has 0 aliphatic carbocycles. The molecule has 2 aromatic rings. The van der Waals surface area contributed by atoms with E-state index < -0.39 is 0 Å². The van der Waals surface area contributed by atoms with Crippen molar-refractivity contribution in [2.24, 2.45) is 0 Å². The van der Waals surface area contributed by atoms with E-state index in [1.165, 1.54) is 11.8 Å². The van der Waals surface area contributed by atoms with E-state index in [2.05, 4.69) is 39.5 Å². The molecule has 0 atom stereocenters.